The van der Waals surface area contributed by atoms with Gasteiger partial charge in [-0.25, -0.2) is 14.6 Å². The van der Waals surface area contributed by atoms with Gasteiger partial charge < -0.3 is 34.5 Å². The van der Waals surface area contributed by atoms with Gasteiger partial charge in [-0.1, -0.05) is 6.07 Å². The Hall–Kier alpha value is -3.86. The van der Waals surface area contributed by atoms with Gasteiger partial charge in [0.15, 0.2) is 5.60 Å². The quantitative estimate of drug-likeness (QED) is 0.219. The van der Waals surface area contributed by atoms with Gasteiger partial charge in [-0.15, -0.1) is 16.4 Å². The van der Waals surface area contributed by atoms with Crippen LogP contribution in [0.5, 0.6) is 0 Å². The second kappa shape index (κ2) is 12.3. The van der Waals surface area contributed by atoms with E-state index < -0.39 is 47.7 Å². The average molecular weight is 568 g/mol. The molecule has 5 N–H and O–H groups in total. The fourth-order valence-electron chi connectivity index (χ4n) is 3.95. The molecule has 0 spiro atoms. The van der Waals surface area contributed by atoms with Crippen molar-refractivity contribution in [2.45, 2.75) is 50.0 Å². The van der Waals surface area contributed by atoms with Gasteiger partial charge in [0.05, 0.1) is 41.9 Å². The van der Waals surface area contributed by atoms with Crippen molar-refractivity contribution < 1.29 is 44.3 Å². The van der Waals surface area contributed by atoms with Crippen LogP contribution in [0.1, 0.15) is 31.4 Å². The van der Waals surface area contributed by atoms with Crippen molar-refractivity contribution in [3.63, 3.8) is 0 Å². The van der Waals surface area contributed by atoms with Gasteiger partial charge in [0, 0.05) is 32.9 Å². The molecule has 0 radical (unpaired) electrons. The first-order valence-corrected chi connectivity index (χ1v) is 12.6. The van der Waals surface area contributed by atoms with Gasteiger partial charge in [-0.2, -0.15) is 4.68 Å². The van der Waals surface area contributed by atoms with Crippen molar-refractivity contribution in [3.8, 4) is 10.8 Å². The molecule has 3 aromatic rings. The Labute approximate surface area is 225 Å². The molecule has 3 aromatic heterocycles. The number of carboxylic acid groups (broad SMARTS) is 3. The molecule has 0 saturated carbocycles. The van der Waals surface area contributed by atoms with Gasteiger partial charge >= 0.3 is 23.7 Å². The number of imidazole rings is 1. The highest BCUT2D eigenvalue weighted by atomic mass is 32.1. The van der Waals surface area contributed by atoms with Crippen LogP contribution < -0.4 is 5.76 Å². The van der Waals surface area contributed by atoms with E-state index in [0.717, 1.165) is 30.2 Å². The van der Waals surface area contributed by atoms with E-state index in [4.69, 9.17) is 24.8 Å². The molecule has 0 amide bonds. The number of hydrogen-bond donors (Lipinski definition) is 5. The second-order valence-corrected chi connectivity index (χ2v) is 10.2. The maximum Gasteiger partial charge on any atom is 0.437 e. The molecule has 0 aliphatic carbocycles. The highest BCUT2D eigenvalue weighted by Crippen LogP contribution is 2.26. The number of aromatic nitrogens is 4. The van der Waals surface area contributed by atoms with Gasteiger partial charge in [0.1, 0.15) is 0 Å². The second-order valence-electron chi connectivity index (χ2n) is 9.28. The highest BCUT2D eigenvalue weighted by Gasteiger charge is 2.40. The number of thiophene rings is 1. The fourth-order valence-corrected chi connectivity index (χ4v) is 4.59. The molecule has 15 nitrogen and oxygen atoms in total. The van der Waals surface area contributed by atoms with E-state index >= 15 is 0 Å². The Morgan fingerprint density at radius 3 is 2.28 bits per heavy atom. The number of carboxylic acids is 3. The van der Waals surface area contributed by atoms with Crippen LogP contribution in [-0.4, -0.2) is 92.0 Å². The summed E-state index contributed by atoms with van der Waals surface area (Å²) in [6.45, 7) is 2.47. The molecule has 1 aliphatic heterocycles. The Bertz CT molecular complexity index is 1320. The molecule has 0 bridgehead atoms. The van der Waals surface area contributed by atoms with Crippen LogP contribution in [0.2, 0.25) is 0 Å². The third-order valence-corrected chi connectivity index (χ3v) is 7.01. The molecule has 4 heterocycles. The van der Waals surface area contributed by atoms with Crippen LogP contribution in [0, 0.1) is 0 Å². The number of carbonyl (C=O) groups is 3. The summed E-state index contributed by atoms with van der Waals surface area (Å²) in [5.41, 5.74) is -2.54. The van der Waals surface area contributed by atoms with Crippen LogP contribution in [0.3, 0.4) is 0 Å². The maximum absolute atomic E-state index is 12.1. The molecule has 0 aromatic carbocycles. The standard InChI is InChI=1S/C17H21N5O3S.C6H8O7/c1-20-12-18-9-13(20)10-21-6-4-17(24,5-7-21)11-22-16(23)25-15(19-22)14-3-2-8-26-14;7-3(8)1-6(13,5(11)12)2-4(9)10/h2-3,8-9,12,24H,4-7,10-11H2,1H3;13H,1-2H2,(H,7,8)(H,9,10)(H,11,12). The van der Waals surface area contributed by atoms with Crippen molar-refractivity contribution >= 4 is 29.2 Å². The normalized spacial score (nSPS) is 15.4. The number of piperidine rings is 1. The Morgan fingerprint density at radius 1 is 1.15 bits per heavy atom. The van der Waals surface area contributed by atoms with E-state index in [1.165, 1.54) is 16.0 Å². The molecule has 212 valence electrons. The van der Waals surface area contributed by atoms with Crippen molar-refractivity contribution in [1.82, 2.24) is 24.2 Å². The summed E-state index contributed by atoms with van der Waals surface area (Å²) in [7, 11) is 1.98. The Balaban J connectivity index is 0.000000276. The summed E-state index contributed by atoms with van der Waals surface area (Å²) in [4.78, 5) is 49.8. The van der Waals surface area contributed by atoms with Crippen LogP contribution in [-0.2, 0) is 34.5 Å². The molecule has 1 fully saturated rings. The lowest BCUT2D eigenvalue weighted by Gasteiger charge is -2.37. The summed E-state index contributed by atoms with van der Waals surface area (Å²) in [6.07, 6.45) is 2.53. The van der Waals surface area contributed by atoms with E-state index in [2.05, 4.69) is 15.0 Å². The smallest absolute Gasteiger partial charge is 0.437 e. The van der Waals surface area contributed by atoms with Crippen LogP contribution in [0.25, 0.3) is 10.8 Å². The van der Waals surface area contributed by atoms with Gasteiger partial charge in [0.25, 0.3) is 5.89 Å². The van der Waals surface area contributed by atoms with Crippen molar-refractivity contribution in [1.29, 1.82) is 0 Å². The van der Waals surface area contributed by atoms with Crippen molar-refractivity contribution in [2.24, 2.45) is 7.05 Å². The predicted octanol–water partition coefficient (Wildman–Crippen LogP) is 0.0769. The van der Waals surface area contributed by atoms with E-state index in [0.29, 0.717) is 18.7 Å². The molecule has 0 atom stereocenters. The van der Waals surface area contributed by atoms with Crippen LogP contribution in [0.4, 0.5) is 0 Å². The number of aryl methyl sites for hydroxylation is 1. The summed E-state index contributed by atoms with van der Waals surface area (Å²) in [5, 5.41) is 50.9. The monoisotopic (exact) mass is 567 g/mol. The van der Waals surface area contributed by atoms with E-state index in [1.807, 2.05) is 35.3 Å². The molecule has 16 heteroatoms. The third kappa shape index (κ3) is 8.06. The van der Waals surface area contributed by atoms with E-state index in [-0.39, 0.29) is 6.54 Å². The molecular formula is C23H29N5O10S. The summed E-state index contributed by atoms with van der Waals surface area (Å²) in [6, 6.07) is 3.73. The lowest BCUT2D eigenvalue weighted by Crippen LogP contribution is -2.47. The summed E-state index contributed by atoms with van der Waals surface area (Å²) in [5.74, 6) is -5.24. The highest BCUT2D eigenvalue weighted by molar-refractivity contribution is 7.13. The van der Waals surface area contributed by atoms with Crippen molar-refractivity contribution in [3.05, 3.63) is 46.3 Å². The number of rotatable bonds is 10. The fraction of sp³-hybridized carbons (Fsp3) is 0.478. The largest absolute Gasteiger partial charge is 0.481 e. The molecule has 1 aliphatic rings. The molecule has 4 rings (SSSR count). The third-order valence-electron chi connectivity index (χ3n) is 6.16. The van der Waals surface area contributed by atoms with Gasteiger partial charge in [0.2, 0.25) is 0 Å². The zero-order chi connectivity index (χ0) is 28.8. The van der Waals surface area contributed by atoms with Gasteiger partial charge in [-0.05, 0) is 24.3 Å². The Kier molecular flexibility index (Phi) is 9.39. The minimum Gasteiger partial charge on any atom is -0.481 e. The first-order valence-electron chi connectivity index (χ1n) is 11.7. The zero-order valence-electron chi connectivity index (χ0n) is 21.0. The average Bonchev–Trinajstić information content (AvgIpc) is 3.58. The zero-order valence-corrected chi connectivity index (χ0v) is 21.8. The minimum atomic E-state index is -2.74. The molecule has 39 heavy (non-hydrogen) atoms. The van der Waals surface area contributed by atoms with Gasteiger partial charge in [-0.3, -0.25) is 14.5 Å². The summed E-state index contributed by atoms with van der Waals surface area (Å²) < 4.78 is 8.47. The number of hydrogen-bond acceptors (Lipinski definition) is 11. The van der Waals surface area contributed by atoms with E-state index in [9.17, 15) is 24.3 Å². The molecular weight excluding hydrogens is 538 g/mol. The number of nitrogens with zero attached hydrogens (tertiary/aromatic N) is 5. The first kappa shape index (κ1) is 29.7. The summed E-state index contributed by atoms with van der Waals surface area (Å²) >= 11 is 1.46. The minimum absolute atomic E-state index is 0.153. The number of aliphatic carboxylic acids is 3. The first-order chi connectivity index (χ1) is 18.3. The molecule has 0 unspecified atom stereocenters. The molecule has 1 saturated heterocycles. The SMILES string of the molecule is Cn1cncc1CN1CCC(O)(Cn2nc(-c3cccs3)oc2=O)CC1.O=C(O)CC(O)(CC(=O)O)C(=O)O. The van der Waals surface area contributed by atoms with Crippen molar-refractivity contribution in [2.75, 3.05) is 13.1 Å². The predicted molar refractivity (Wildman–Crippen MR) is 134 cm³/mol. The van der Waals surface area contributed by atoms with Crippen LogP contribution in [0.15, 0.2) is 39.2 Å². The number of likely N-dealkylation sites (tertiary alicyclic amines) is 1. The van der Waals surface area contributed by atoms with Crippen LogP contribution >= 0.6 is 11.3 Å². The van der Waals surface area contributed by atoms with E-state index in [1.54, 1.807) is 6.33 Å². The lowest BCUT2D eigenvalue weighted by atomic mass is 9.91. The topological polar surface area (TPSA) is 221 Å². The maximum atomic E-state index is 12.1. The number of aliphatic hydroxyl groups is 2. The lowest BCUT2D eigenvalue weighted by molar-refractivity contribution is -0.170. The Morgan fingerprint density at radius 2 is 1.79 bits per heavy atom.